The van der Waals surface area contributed by atoms with E-state index >= 15 is 0 Å². The molecule has 9 nitrogen and oxygen atoms in total. The first-order chi connectivity index (χ1) is 8.18. The monoisotopic (exact) mass is 286 g/mol. The zero-order valence-corrected chi connectivity index (χ0v) is 10.5. The summed E-state index contributed by atoms with van der Waals surface area (Å²) >= 11 is 4.83. The largest absolute Gasteiger partial charge is 0.507 e. The van der Waals surface area contributed by atoms with Crippen LogP contribution in [0.3, 0.4) is 0 Å². The van der Waals surface area contributed by atoms with Gasteiger partial charge in [0.25, 0.3) is 5.95 Å². The van der Waals surface area contributed by atoms with E-state index in [1.807, 2.05) is 0 Å². The Morgan fingerprint density at radius 1 is 1.42 bits per heavy atom. The van der Waals surface area contributed by atoms with Gasteiger partial charge in [0.05, 0.1) is 6.21 Å². The third-order valence-electron chi connectivity index (χ3n) is 2.01. The van der Waals surface area contributed by atoms with Gasteiger partial charge in [-0.2, -0.15) is 9.78 Å². The molecule has 1 heterocycles. The van der Waals surface area contributed by atoms with E-state index in [0.29, 0.717) is 5.56 Å². The van der Waals surface area contributed by atoms with Crippen LogP contribution in [-0.2, 0) is 0 Å². The normalized spacial score (nSPS) is 9.68. The van der Waals surface area contributed by atoms with Gasteiger partial charge >= 0.3 is 0 Å². The van der Waals surface area contributed by atoms with Crippen molar-refractivity contribution in [3.05, 3.63) is 34.6 Å². The van der Waals surface area contributed by atoms with E-state index in [2.05, 4.69) is 20.7 Å². The number of aromatic hydroxyl groups is 1. The van der Waals surface area contributed by atoms with Crippen molar-refractivity contribution in [2.75, 3.05) is 11.3 Å². The molecule has 0 aliphatic rings. The molecular formula is C9H14N6O3S. The third kappa shape index (κ3) is 3.77. The van der Waals surface area contributed by atoms with Crippen LogP contribution in [0, 0.1) is 4.77 Å². The van der Waals surface area contributed by atoms with Crippen LogP contribution < -0.4 is 11.3 Å². The molecule has 9 N–H and O–H groups in total. The van der Waals surface area contributed by atoms with Crippen LogP contribution in [0.25, 0.3) is 0 Å². The molecule has 0 bridgehead atoms. The maximum absolute atomic E-state index is 9.48. The number of nitrogens with one attached hydrogen (secondary N) is 2. The highest BCUT2D eigenvalue weighted by molar-refractivity contribution is 7.71. The summed E-state index contributed by atoms with van der Waals surface area (Å²) in [6.07, 6.45) is 1.45. The lowest BCUT2D eigenvalue weighted by molar-refractivity contribution is 0.474. The number of anilines is 1. The van der Waals surface area contributed by atoms with Crippen LogP contribution in [-0.4, -0.2) is 37.1 Å². The van der Waals surface area contributed by atoms with Crippen LogP contribution >= 0.6 is 12.2 Å². The average molecular weight is 286 g/mol. The number of hydrazone groups is 1. The number of nitrogens with two attached hydrogens (primary N) is 1. The van der Waals surface area contributed by atoms with Crippen molar-refractivity contribution in [2.24, 2.45) is 5.10 Å². The SMILES string of the molecule is Nn1c(N/N=C/c2ccccc2O)n[nH]c1=S.O.O. The van der Waals surface area contributed by atoms with Crippen LogP contribution in [0.2, 0.25) is 0 Å². The zero-order valence-electron chi connectivity index (χ0n) is 9.66. The molecule has 0 aliphatic carbocycles. The van der Waals surface area contributed by atoms with Crippen molar-refractivity contribution in [1.29, 1.82) is 0 Å². The minimum absolute atomic E-state index is 0. The van der Waals surface area contributed by atoms with Gasteiger partial charge in [-0.25, -0.2) is 10.5 Å². The molecule has 0 aliphatic heterocycles. The van der Waals surface area contributed by atoms with Gasteiger partial charge < -0.3 is 21.9 Å². The van der Waals surface area contributed by atoms with E-state index in [1.165, 1.54) is 6.21 Å². The number of benzene rings is 1. The molecule has 19 heavy (non-hydrogen) atoms. The molecule has 0 atom stereocenters. The molecule has 2 rings (SSSR count). The molecule has 1 aromatic carbocycles. The van der Waals surface area contributed by atoms with Crippen molar-refractivity contribution in [1.82, 2.24) is 14.9 Å². The summed E-state index contributed by atoms with van der Waals surface area (Å²) in [5.74, 6) is 5.97. The summed E-state index contributed by atoms with van der Waals surface area (Å²) in [4.78, 5) is 0. The molecule has 0 saturated carbocycles. The standard InChI is InChI=1S/C9H10N6OS.2H2O/c10-15-8(13-14-9(15)17)12-11-5-6-3-1-2-4-7(6)16;;/h1-5,16H,10H2,(H,12,13)(H,14,17);2*1H2/b11-5+;;. The van der Waals surface area contributed by atoms with Gasteiger partial charge in [-0.1, -0.05) is 12.1 Å². The molecule has 104 valence electrons. The lowest BCUT2D eigenvalue weighted by Crippen LogP contribution is -2.11. The Hall–Kier alpha value is -2.43. The number of H-pyrrole nitrogens is 1. The number of rotatable bonds is 3. The molecule has 0 radical (unpaired) electrons. The molecule has 0 spiro atoms. The lowest BCUT2D eigenvalue weighted by Gasteiger charge is -1.99. The quantitative estimate of drug-likeness (QED) is 0.249. The number of para-hydroxylation sites is 1. The van der Waals surface area contributed by atoms with Crippen LogP contribution in [0.4, 0.5) is 5.95 Å². The van der Waals surface area contributed by atoms with E-state index < -0.39 is 0 Å². The number of phenolic OH excluding ortho intramolecular Hbond substituents is 1. The van der Waals surface area contributed by atoms with Crippen LogP contribution in [0.1, 0.15) is 5.56 Å². The number of nitrogens with zero attached hydrogens (tertiary/aromatic N) is 3. The number of nitrogen functional groups attached to an aromatic ring is 1. The Bertz CT molecular complexity index is 608. The van der Waals surface area contributed by atoms with E-state index in [9.17, 15) is 5.11 Å². The maximum Gasteiger partial charge on any atom is 0.262 e. The molecule has 0 unspecified atom stereocenters. The highest BCUT2D eigenvalue weighted by Crippen LogP contribution is 2.12. The topological polar surface area (TPSA) is 167 Å². The van der Waals surface area contributed by atoms with Gasteiger partial charge in [-0.05, 0) is 24.4 Å². The fourth-order valence-corrected chi connectivity index (χ4v) is 1.27. The highest BCUT2D eigenvalue weighted by Gasteiger charge is 2.00. The zero-order chi connectivity index (χ0) is 12.3. The van der Waals surface area contributed by atoms with Gasteiger partial charge in [0.1, 0.15) is 5.75 Å². The Kier molecular flexibility index (Phi) is 6.20. The van der Waals surface area contributed by atoms with Gasteiger partial charge in [0, 0.05) is 5.56 Å². The first-order valence-corrected chi connectivity index (χ1v) is 5.09. The number of hydrogen-bond acceptors (Lipinski definition) is 6. The van der Waals surface area contributed by atoms with Crippen LogP contribution in [0.15, 0.2) is 29.4 Å². The summed E-state index contributed by atoms with van der Waals surface area (Å²) in [7, 11) is 0. The van der Waals surface area contributed by atoms with Gasteiger partial charge in [0.15, 0.2) is 0 Å². The second-order valence-corrected chi connectivity index (χ2v) is 3.54. The number of phenols is 1. The smallest absolute Gasteiger partial charge is 0.262 e. The Balaban J connectivity index is 0.00000162. The second-order valence-electron chi connectivity index (χ2n) is 3.15. The van der Waals surface area contributed by atoms with Gasteiger partial charge in [0.2, 0.25) is 4.77 Å². The van der Waals surface area contributed by atoms with Crippen molar-refractivity contribution >= 4 is 24.4 Å². The second kappa shape index (κ2) is 7.10. The Morgan fingerprint density at radius 2 is 2.11 bits per heavy atom. The summed E-state index contributed by atoms with van der Waals surface area (Å²) in [6.45, 7) is 0. The summed E-state index contributed by atoms with van der Waals surface area (Å²) in [5.41, 5.74) is 3.18. The van der Waals surface area contributed by atoms with E-state index in [-0.39, 0.29) is 27.4 Å². The van der Waals surface area contributed by atoms with Crippen molar-refractivity contribution in [2.45, 2.75) is 0 Å². The molecule has 10 heteroatoms. The maximum atomic E-state index is 9.48. The predicted molar refractivity (Wildman–Crippen MR) is 74.1 cm³/mol. The third-order valence-corrected chi connectivity index (χ3v) is 2.30. The van der Waals surface area contributed by atoms with Crippen molar-refractivity contribution < 1.29 is 16.1 Å². The molecule has 0 amide bonds. The van der Waals surface area contributed by atoms with Crippen molar-refractivity contribution in [3.8, 4) is 5.75 Å². The molecule has 1 aromatic heterocycles. The minimum atomic E-state index is 0. The average Bonchev–Trinajstić information content (AvgIpc) is 2.63. The van der Waals surface area contributed by atoms with Crippen molar-refractivity contribution in [3.63, 3.8) is 0 Å². The minimum Gasteiger partial charge on any atom is -0.507 e. The fraction of sp³-hybridized carbons (Fsp3) is 0. The fourth-order valence-electron chi connectivity index (χ4n) is 1.14. The molecule has 0 fully saturated rings. The van der Waals surface area contributed by atoms with Gasteiger partial charge in [-0.15, -0.1) is 5.10 Å². The number of aromatic nitrogens is 3. The number of aromatic amines is 1. The Morgan fingerprint density at radius 3 is 2.68 bits per heavy atom. The first kappa shape index (κ1) is 16.6. The van der Waals surface area contributed by atoms with E-state index in [0.717, 1.165) is 4.68 Å². The summed E-state index contributed by atoms with van der Waals surface area (Å²) in [6, 6.07) is 6.81. The summed E-state index contributed by atoms with van der Waals surface area (Å²) < 4.78 is 1.43. The van der Waals surface area contributed by atoms with Gasteiger partial charge in [-0.3, -0.25) is 0 Å². The molecule has 0 saturated heterocycles. The first-order valence-electron chi connectivity index (χ1n) is 4.68. The highest BCUT2D eigenvalue weighted by atomic mass is 32.1. The Labute approximate surface area is 113 Å². The summed E-state index contributed by atoms with van der Waals surface area (Å²) in [5, 5.41) is 19.7. The lowest BCUT2D eigenvalue weighted by atomic mass is 10.2. The molecule has 2 aromatic rings. The van der Waals surface area contributed by atoms with Crippen LogP contribution in [0.5, 0.6) is 5.75 Å². The predicted octanol–water partition coefficient (Wildman–Crippen LogP) is -0.843. The van der Waals surface area contributed by atoms with E-state index in [1.54, 1.807) is 24.3 Å². The molecular weight excluding hydrogens is 272 g/mol. The van der Waals surface area contributed by atoms with E-state index in [4.69, 9.17) is 18.1 Å². The number of hydrogen-bond donors (Lipinski definition) is 4.